The molecule has 0 aromatic rings. The van der Waals surface area contributed by atoms with Crippen molar-refractivity contribution in [2.75, 3.05) is 0 Å². The van der Waals surface area contributed by atoms with E-state index in [1.165, 1.54) is 12.2 Å². The summed E-state index contributed by atoms with van der Waals surface area (Å²) in [4.78, 5) is 20.6. The van der Waals surface area contributed by atoms with E-state index in [1.807, 2.05) is 12.2 Å². The van der Waals surface area contributed by atoms with Gasteiger partial charge in [-0.3, -0.25) is 9.59 Å². The van der Waals surface area contributed by atoms with Crippen LogP contribution in [0.2, 0.25) is 18.1 Å². The largest absolute Gasteiger partial charge is 0.414 e. The Balaban J connectivity index is 4.62. The lowest BCUT2D eigenvalue weighted by Gasteiger charge is -2.39. The lowest BCUT2D eigenvalue weighted by molar-refractivity contribution is -0.104. The van der Waals surface area contributed by atoms with Crippen LogP contribution in [0.3, 0.4) is 0 Å². The molecule has 0 rings (SSSR count). The summed E-state index contributed by atoms with van der Waals surface area (Å²) >= 11 is 0. The first kappa shape index (κ1) is 20.0. The van der Waals surface area contributed by atoms with Gasteiger partial charge in [0.25, 0.3) is 0 Å². The summed E-state index contributed by atoms with van der Waals surface area (Å²) in [6, 6.07) is 0. The molecule has 0 amide bonds. The van der Waals surface area contributed by atoms with Crippen LogP contribution in [0, 0.1) is 0 Å². The molecule has 0 saturated heterocycles. The summed E-state index contributed by atoms with van der Waals surface area (Å²) in [5.74, 6) is 0. The number of hydrogen-bond acceptors (Lipinski definition) is 3. The average Bonchev–Trinajstić information content (AvgIpc) is 2.37. The minimum absolute atomic E-state index is 0.179. The van der Waals surface area contributed by atoms with Crippen LogP contribution in [0.15, 0.2) is 24.3 Å². The Kier molecular flexibility index (Phi) is 9.38. The third-order valence-electron chi connectivity index (χ3n) is 4.01. The molecule has 120 valence electrons. The van der Waals surface area contributed by atoms with E-state index in [9.17, 15) is 9.59 Å². The maximum absolute atomic E-state index is 10.3. The Hall–Kier alpha value is -1.00. The van der Waals surface area contributed by atoms with E-state index in [0.717, 1.165) is 38.3 Å². The average molecular weight is 311 g/mol. The van der Waals surface area contributed by atoms with E-state index in [1.54, 1.807) is 0 Å². The van der Waals surface area contributed by atoms with Crippen LogP contribution in [-0.2, 0) is 14.0 Å². The topological polar surface area (TPSA) is 43.4 Å². The summed E-state index contributed by atoms with van der Waals surface area (Å²) in [6.07, 6.45) is 12.1. The van der Waals surface area contributed by atoms with E-state index in [-0.39, 0.29) is 11.1 Å². The van der Waals surface area contributed by atoms with Crippen LogP contribution in [0.5, 0.6) is 0 Å². The fraction of sp³-hybridized carbons (Fsp3) is 0.647. The SMILES string of the molecule is CC(C)(C)[Si](C)(C)OC(CC/C=C/C=O)CC/C=C/C=O. The fourth-order valence-electron chi connectivity index (χ4n) is 1.72. The third kappa shape index (κ3) is 8.78. The maximum Gasteiger partial charge on any atom is 0.192 e. The Morgan fingerprint density at radius 3 is 1.71 bits per heavy atom. The lowest BCUT2D eigenvalue weighted by Crippen LogP contribution is -2.43. The van der Waals surface area contributed by atoms with Gasteiger partial charge in [0.2, 0.25) is 0 Å². The van der Waals surface area contributed by atoms with E-state index in [4.69, 9.17) is 4.43 Å². The van der Waals surface area contributed by atoms with E-state index >= 15 is 0 Å². The number of aldehydes is 2. The van der Waals surface area contributed by atoms with Crippen LogP contribution in [0.4, 0.5) is 0 Å². The number of carbonyl (C=O) groups excluding carboxylic acids is 2. The van der Waals surface area contributed by atoms with Crippen LogP contribution >= 0.6 is 0 Å². The van der Waals surface area contributed by atoms with Gasteiger partial charge in [-0.1, -0.05) is 32.9 Å². The zero-order valence-corrected chi connectivity index (χ0v) is 15.1. The van der Waals surface area contributed by atoms with Crippen LogP contribution < -0.4 is 0 Å². The molecule has 0 unspecified atom stereocenters. The highest BCUT2D eigenvalue weighted by Gasteiger charge is 2.38. The van der Waals surface area contributed by atoms with Gasteiger partial charge in [0.1, 0.15) is 12.6 Å². The second-order valence-corrected chi connectivity index (χ2v) is 11.5. The molecule has 0 aliphatic heterocycles. The Bertz CT molecular complexity index is 343. The minimum atomic E-state index is -1.79. The Labute approximate surface area is 130 Å². The zero-order valence-electron chi connectivity index (χ0n) is 14.1. The molecule has 0 bridgehead atoms. The van der Waals surface area contributed by atoms with Gasteiger partial charge in [-0.05, 0) is 56.0 Å². The summed E-state index contributed by atoms with van der Waals surface area (Å²) < 4.78 is 6.46. The van der Waals surface area contributed by atoms with E-state index in [2.05, 4.69) is 33.9 Å². The van der Waals surface area contributed by atoms with Gasteiger partial charge in [-0.15, -0.1) is 0 Å². The molecule has 0 spiro atoms. The molecular weight excluding hydrogens is 280 g/mol. The fourth-order valence-corrected chi connectivity index (χ4v) is 3.15. The van der Waals surface area contributed by atoms with Gasteiger partial charge < -0.3 is 4.43 Å². The Morgan fingerprint density at radius 1 is 0.952 bits per heavy atom. The van der Waals surface area contributed by atoms with Crippen molar-refractivity contribution in [3.8, 4) is 0 Å². The third-order valence-corrected chi connectivity index (χ3v) is 8.54. The van der Waals surface area contributed by atoms with Crippen LogP contribution in [-0.4, -0.2) is 27.0 Å². The van der Waals surface area contributed by atoms with Gasteiger partial charge in [-0.2, -0.15) is 0 Å². The highest BCUT2D eigenvalue weighted by atomic mass is 28.4. The van der Waals surface area contributed by atoms with Gasteiger partial charge in [0, 0.05) is 6.10 Å². The van der Waals surface area contributed by atoms with Gasteiger partial charge in [0.15, 0.2) is 8.32 Å². The smallest absolute Gasteiger partial charge is 0.192 e. The minimum Gasteiger partial charge on any atom is -0.414 e. The normalized spacial score (nSPS) is 13.4. The van der Waals surface area contributed by atoms with Crippen LogP contribution in [0.1, 0.15) is 46.5 Å². The van der Waals surface area contributed by atoms with Crippen LogP contribution in [0.25, 0.3) is 0 Å². The molecule has 0 saturated carbocycles. The summed E-state index contributed by atoms with van der Waals surface area (Å²) in [5, 5.41) is 0.183. The molecular formula is C17H30O3Si. The predicted molar refractivity (Wildman–Crippen MR) is 90.9 cm³/mol. The number of rotatable bonds is 10. The standard InChI is InChI=1S/C17H30O3Si/c1-17(2,3)21(4,5)20-16(12-8-6-10-14-18)13-9-7-11-15-19/h6-7,10-11,14-16H,8-9,12-13H2,1-5H3/b10-6+,11-7+. The van der Waals surface area contributed by atoms with Crippen molar-refractivity contribution in [3.63, 3.8) is 0 Å². The molecule has 0 fully saturated rings. The molecule has 0 N–H and O–H groups in total. The van der Waals surface area contributed by atoms with E-state index < -0.39 is 8.32 Å². The second kappa shape index (κ2) is 9.85. The van der Waals surface area contributed by atoms with Crippen molar-refractivity contribution in [2.24, 2.45) is 0 Å². The van der Waals surface area contributed by atoms with Crippen molar-refractivity contribution < 1.29 is 14.0 Å². The van der Waals surface area contributed by atoms with Gasteiger partial charge >= 0.3 is 0 Å². The predicted octanol–water partition coefficient (Wildman–Crippen LogP) is 4.45. The molecule has 0 aromatic carbocycles. The molecule has 4 heteroatoms. The van der Waals surface area contributed by atoms with Gasteiger partial charge in [-0.25, -0.2) is 0 Å². The Morgan fingerprint density at radius 2 is 1.38 bits per heavy atom. The molecule has 0 radical (unpaired) electrons. The molecule has 21 heavy (non-hydrogen) atoms. The van der Waals surface area contributed by atoms with Gasteiger partial charge in [0.05, 0.1) is 0 Å². The van der Waals surface area contributed by atoms with Crippen molar-refractivity contribution >= 4 is 20.9 Å². The van der Waals surface area contributed by atoms with Crippen molar-refractivity contribution in [1.29, 1.82) is 0 Å². The highest BCUT2D eigenvalue weighted by Crippen LogP contribution is 2.38. The molecule has 0 atom stereocenters. The monoisotopic (exact) mass is 310 g/mol. The molecule has 0 aliphatic rings. The number of carbonyl (C=O) groups is 2. The summed E-state index contributed by atoms with van der Waals surface area (Å²) in [5.41, 5.74) is 0. The summed E-state index contributed by atoms with van der Waals surface area (Å²) in [6.45, 7) is 11.2. The van der Waals surface area contributed by atoms with Crippen molar-refractivity contribution in [2.45, 2.75) is 70.7 Å². The maximum atomic E-state index is 10.3. The van der Waals surface area contributed by atoms with Crippen molar-refractivity contribution in [3.05, 3.63) is 24.3 Å². The molecule has 0 aliphatic carbocycles. The first-order chi connectivity index (χ1) is 9.74. The summed E-state index contributed by atoms with van der Waals surface area (Å²) in [7, 11) is -1.79. The second-order valence-electron chi connectivity index (χ2n) is 6.78. The molecule has 0 heterocycles. The number of allylic oxidation sites excluding steroid dienone is 4. The highest BCUT2D eigenvalue weighted by molar-refractivity contribution is 6.74. The first-order valence-corrected chi connectivity index (χ1v) is 10.5. The molecule has 3 nitrogen and oxygen atoms in total. The zero-order chi connectivity index (χ0) is 16.4. The quantitative estimate of drug-likeness (QED) is 0.340. The molecule has 0 aromatic heterocycles. The lowest BCUT2D eigenvalue weighted by atomic mass is 10.1. The number of hydrogen-bond donors (Lipinski definition) is 0. The first-order valence-electron chi connectivity index (χ1n) is 7.63. The van der Waals surface area contributed by atoms with Crippen molar-refractivity contribution in [1.82, 2.24) is 0 Å². The van der Waals surface area contributed by atoms with E-state index in [0.29, 0.717) is 0 Å².